The van der Waals surface area contributed by atoms with Crippen LogP contribution in [0.2, 0.25) is 0 Å². The van der Waals surface area contributed by atoms with Gasteiger partial charge in [-0.2, -0.15) is 0 Å². The quantitative estimate of drug-likeness (QED) is 0.931. The molecule has 4 heteroatoms. The Labute approximate surface area is 139 Å². The lowest BCUT2D eigenvalue weighted by Crippen LogP contribution is -2.46. The second-order valence-electron chi connectivity index (χ2n) is 7.31. The summed E-state index contributed by atoms with van der Waals surface area (Å²) in [7, 11) is 0. The molecule has 0 spiro atoms. The zero-order valence-electron chi connectivity index (χ0n) is 14.7. The van der Waals surface area contributed by atoms with Gasteiger partial charge in [-0.3, -0.25) is 9.59 Å². The molecule has 1 aliphatic rings. The van der Waals surface area contributed by atoms with Crippen LogP contribution in [0.15, 0.2) is 24.3 Å². The fourth-order valence-corrected chi connectivity index (χ4v) is 2.89. The van der Waals surface area contributed by atoms with E-state index in [4.69, 9.17) is 0 Å². The summed E-state index contributed by atoms with van der Waals surface area (Å²) in [5.74, 6) is 0.179. The third kappa shape index (κ3) is 4.57. The Morgan fingerprint density at radius 3 is 2.17 bits per heavy atom. The minimum absolute atomic E-state index is 0.0225. The van der Waals surface area contributed by atoms with Crippen molar-refractivity contribution in [3.05, 3.63) is 35.4 Å². The molecule has 1 aliphatic heterocycles. The van der Waals surface area contributed by atoms with Gasteiger partial charge < -0.3 is 10.2 Å². The number of hydrogen-bond acceptors (Lipinski definition) is 2. The van der Waals surface area contributed by atoms with Crippen LogP contribution in [0, 0.1) is 0 Å². The number of amides is 2. The van der Waals surface area contributed by atoms with E-state index < -0.39 is 0 Å². The molecule has 0 saturated carbocycles. The molecule has 0 aromatic heterocycles. The Hall–Kier alpha value is -1.84. The Balaban J connectivity index is 1.89. The molecule has 4 nitrogen and oxygen atoms in total. The topological polar surface area (TPSA) is 49.4 Å². The first-order valence-corrected chi connectivity index (χ1v) is 8.50. The van der Waals surface area contributed by atoms with E-state index in [0.717, 1.165) is 25.9 Å². The zero-order valence-corrected chi connectivity index (χ0v) is 14.7. The predicted octanol–water partition coefficient (Wildman–Crippen LogP) is 3.11. The van der Waals surface area contributed by atoms with Gasteiger partial charge in [-0.25, -0.2) is 0 Å². The van der Waals surface area contributed by atoms with E-state index in [9.17, 15) is 9.59 Å². The van der Waals surface area contributed by atoms with Crippen LogP contribution in [0.5, 0.6) is 0 Å². The van der Waals surface area contributed by atoms with Gasteiger partial charge in [0, 0.05) is 31.1 Å². The van der Waals surface area contributed by atoms with Crippen molar-refractivity contribution in [1.29, 1.82) is 0 Å². The average molecular weight is 316 g/mol. The molecule has 0 aliphatic carbocycles. The van der Waals surface area contributed by atoms with Gasteiger partial charge in [-0.15, -0.1) is 0 Å². The summed E-state index contributed by atoms with van der Waals surface area (Å²) in [6.45, 7) is 9.84. The van der Waals surface area contributed by atoms with Gasteiger partial charge in [-0.05, 0) is 36.0 Å². The van der Waals surface area contributed by atoms with E-state index in [0.29, 0.717) is 12.0 Å². The first-order chi connectivity index (χ1) is 10.8. The number of likely N-dealkylation sites (tertiary alicyclic amines) is 1. The van der Waals surface area contributed by atoms with Gasteiger partial charge >= 0.3 is 0 Å². The summed E-state index contributed by atoms with van der Waals surface area (Å²) in [4.78, 5) is 25.9. The second-order valence-corrected chi connectivity index (χ2v) is 7.31. The number of carbonyl (C=O) groups excluding carboxylic acids is 2. The van der Waals surface area contributed by atoms with Crippen molar-refractivity contribution in [3.8, 4) is 0 Å². The fraction of sp³-hybridized carbons (Fsp3) is 0.579. The van der Waals surface area contributed by atoms with Crippen molar-refractivity contribution in [3.63, 3.8) is 0 Å². The number of benzene rings is 1. The van der Waals surface area contributed by atoms with Gasteiger partial charge in [0.1, 0.15) is 0 Å². The molecule has 2 amide bonds. The summed E-state index contributed by atoms with van der Waals surface area (Å²) >= 11 is 0. The number of hydrogen-bond donors (Lipinski definition) is 1. The minimum atomic E-state index is -0.0225. The van der Waals surface area contributed by atoms with E-state index in [1.54, 1.807) is 0 Å². The van der Waals surface area contributed by atoms with E-state index in [1.807, 2.05) is 36.1 Å². The molecule has 1 aromatic rings. The molecule has 126 valence electrons. The molecular weight excluding hydrogens is 288 g/mol. The van der Waals surface area contributed by atoms with Gasteiger partial charge in [0.2, 0.25) is 5.91 Å². The smallest absolute Gasteiger partial charge is 0.251 e. The minimum Gasteiger partial charge on any atom is -0.349 e. The molecular formula is C19H28N2O2. The molecule has 0 atom stereocenters. The van der Waals surface area contributed by atoms with Crippen molar-refractivity contribution in [2.24, 2.45) is 0 Å². The first-order valence-electron chi connectivity index (χ1n) is 8.50. The van der Waals surface area contributed by atoms with Gasteiger partial charge in [0.25, 0.3) is 5.91 Å². The highest BCUT2D eigenvalue weighted by Gasteiger charge is 2.23. The number of nitrogens with one attached hydrogen (secondary N) is 1. The maximum absolute atomic E-state index is 12.4. The highest BCUT2D eigenvalue weighted by molar-refractivity contribution is 5.94. The number of carbonyl (C=O) groups is 2. The van der Waals surface area contributed by atoms with Crippen LogP contribution in [-0.4, -0.2) is 35.8 Å². The Bertz CT molecular complexity index is 550. The molecule has 1 heterocycles. The maximum atomic E-state index is 12.4. The van der Waals surface area contributed by atoms with Crippen LogP contribution in [0.4, 0.5) is 0 Å². The van der Waals surface area contributed by atoms with Gasteiger partial charge in [-0.1, -0.05) is 39.8 Å². The van der Waals surface area contributed by atoms with E-state index in [1.165, 1.54) is 5.56 Å². The average Bonchev–Trinajstić information content (AvgIpc) is 2.54. The maximum Gasteiger partial charge on any atom is 0.251 e. The first kappa shape index (κ1) is 17.5. The second kappa shape index (κ2) is 7.16. The molecule has 0 radical (unpaired) electrons. The van der Waals surface area contributed by atoms with Crippen molar-refractivity contribution < 1.29 is 9.59 Å². The molecule has 0 unspecified atom stereocenters. The highest BCUT2D eigenvalue weighted by atomic mass is 16.2. The van der Waals surface area contributed by atoms with E-state index >= 15 is 0 Å². The summed E-state index contributed by atoms with van der Waals surface area (Å²) < 4.78 is 0. The molecule has 0 bridgehead atoms. The highest BCUT2D eigenvalue weighted by Crippen LogP contribution is 2.22. The molecule has 1 saturated heterocycles. The molecule has 23 heavy (non-hydrogen) atoms. The van der Waals surface area contributed by atoms with E-state index in [-0.39, 0.29) is 23.3 Å². The monoisotopic (exact) mass is 316 g/mol. The van der Waals surface area contributed by atoms with Crippen molar-refractivity contribution >= 4 is 11.8 Å². The molecule has 2 rings (SSSR count). The largest absolute Gasteiger partial charge is 0.349 e. The van der Waals surface area contributed by atoms with E-state index in [2.05, 4.69) is 26.1 Å². The third-order valence-corrected chi connectivity index (χ3v) is 4.50. The van der Waals surface area contributed by atoms with Gasteiger partial charge in [0.15, 0.2) is 0 Å². The molecule has 1 fully saturated rings. The normalized spacial score (nSPS) is 16.3. The third-order valence-electron chi connectivity index (χ3n) is 4.50. The zero-order chi connectivity index (χ0) is 17.0. The summed E-state index contributed by atoms with van der Waals surface area (Å²) in [6, 6.07) is 8.00. The van der Waals surface area contributed by atoms with Crippen LogP contribution in [0.25, 0.3) is 0 Å². The number of piperidine rings is 1. The molecule has 1 N–H and O–H groups in total. The van der Waals surface area contributed by atoms with Crippen molar-refractivity contribution in [2.45, 2.75) is 58.4 Å². The lowest BCUT2D eigenvalue weighted by molar-refractivity contribution is -0.131. The van der Waals surface area contributed by atoms with Crippen LogP contribution in [0.3, 0.4) is 0 Å². The van der Waals surface area contributed by atoms with Gasteiger partial charge in [0.05, 0.1) is 0 Å². The lowest BCUT2D eigenvalue weighted by atomic mass is 9.86. The number of nitrogens with zero attached hydrogens (tertiary/aromatic N) is 1. The van der Waals surface area contributed by atoms with Crippen molar-refractivity contribution in [2.75, 3.05) is 13.1 Å². The SMILES string of the molecule is CCC(=O)N1CCC(NC(=O)c2ccc(C(C)(C)C)cc2)CC1. The van der Waals surface area contributed by atoms with Crippen LogP contribution in [0.1, 0.15) is 62.9 Å². The van der Waals surface area contributed by atoms with Crippen LogP contribution in [-0.2, 0) is 10.2 Å². The lowest BCUT2D eigenvalue weighted by Gasteiger charge is -2.32. The molecule has 1 aromatic carbocycles. The summed E-state index contributed by atoms with van der Waals surface area (Å²) in [5, 5.41) is 3.09. The Kier molecular flexibility index (Phi) is 5.45. The number of rotatable bonds is 3. The summed E-state index contributed by atoms with van der Waals surface area (Å²) in [5.41, 5.74) is 2.01. The predicted molar refractivity (Wildman–Crippen MR) is 92.5 cm³/mol. The Morgan fingerprint density at radius 2 is 1.70 bits per heavy atom. The Morgan fingerprint density at radius 1 is 1.13 bits per heavy atom. The van der Waals surface area contributed by atoms with Crippen LogP contribution < -0.4 is 5.32 Å². The fourth-order valence-electron chi connectivity index (χ4n) is 2.89. The standard InChI is InChI=1S/C19H28N2O2/c1-5-17(22)21-12-10-16(11-13-21)20-18(23)14-6-8-15(9-7-14)19(2,3)4/h6-9,16H,5,10-13H2,1-4H3,(H,20,23). The van der Waals surface area contributed by atoms with Crippen molar-refractivity contribution in [1.82, 2.24) is 10.2 Å². The van der Waals surface area contributed by atoms with Crippen LogP contribution >= 0.6 is 0 Å². The summed E-state index contributed by atoms with van der Waals surface area (Å²) in [6.07, 6.45) is 2.21.